The number of esters is 1. The van der Waals surface area contributed by atoms with Crippen LogP contribution in [0.15, 0.2) is 12.1 Å². The van der Waals surface area contributed by atoms with Crippen molar-refractivity contribution in [2.75, 3.05) is 14.2 Å². The monoisotopic (exact) mass is 358 g/mol. The quantitative estimate of drug-likeness (QED) is 0.748. The Morgan fingerprint density at radius 3 is 2.25 bits per heavy atom. The number of benzene rings is 1. The smallest absolute Gasteiger partial charge is 0.339 e. The first kappa shape index (κ1) is 19.6. The second-order valence-corrected chi connectivity index (χ2v) is 5.52. The fourth-order valence-electron chi connectivity index (χ4n) is 1.90. The number of methoxy groups -OCH3 is 2. The Labute approximate surface area is 144 Å². The summed E-state index contributed by atoms with van der Waals surface area (Å²) in [6, 6.07) is 1.67. The van der Waals surface area contributed by atoms with Gasteiger partial charge in [-0.2, -0.15) is 0 Å². The molecule has 0 unspecified atom stereocenters. The number of nitrogens with two attached hydrogens (primary N) is 1. The summed E-state index contributed by atoms with van der Waals surface area (Å²) >= 11 is 6.03. The predicted molar refractivity (Wildman–Crippen MR) is 86.3 cm³/mol. The first-order valence-corrected chi connectivity index (χ1v) is 7.31. The molecule has 0 aromatic heterocycles. The highest BCUT2D eigenvalue weighted by atomic mass is 35.5. The van der Waals surface area contributed by atoms with Gasteiger partial charge in [0.25, 0.3) is 5.91 Å². The zero-order valence-electron chi connectivity index (χ0n) is 13.7. The Balaban J connectivity index is 3.06. The zero-order chi connectivity index (χ0) is 18.4. The maximum absolute atomic E-state index is 12.3. The van der Waals surface area contributed by atoms with Crippen LogP contribution in [0, 0.1) is 5.92 Å². The third-order valence-corrected chi connectivity index (χ3v) is 3.29. The second-order valence-electron chi connectivity index (χ2n) is 5.12. The molecule has 0 aliphatic rings. The van der Waals surface area contributed by atoms with Gasteiger partial charge in [0.15, 0.2) is 17.6 Å². The molecule has 132 valence electrons. The van der Waals surface area contributed by atoms with Gasteiger partial charge in [-0.25, -0.2) is 9.59 Å². The summed E-state index contributed by atoms with van der Waals surface area (Å²) in [4.78, 5) is 35.0. The Morgan fingerprint density at radius 1 is 1.17 bits per heavy atom. The van der Waals surface area contributed by atoms with Crippen molar-refractivity contribution in [3.8, 4) is 11.5 Å². The van der Waals surface area contributed by atoms with Gasteiger partial charge < -0.3 is 19.9 Å². The van der Waals surface area contributed by atoms with Crippen molar-refractivity contribution in [2.24, 2.45) is 11.7 Å². The third-order valence-electron chi connectivity index (χ3n) is 3.01. The van der Waals surface area contributed by atoms with Crippen molar-refractivity contribution in [3.05, 3.63) is 22.7 Å². The summed E-state index contributed by atoms with van der Waals surface area (Å²) in [5.41, 5.74) is 4.97. The van der Waals surface area contributed by atoms with Crippen LogP contribution in [0.3, 0.4) is 0 Å². The maximum Gasteiger partial charge on any atom is 0.339 e. The van der Waals surface area contributed by atoms with Crippen LogP contribution in [0.25, 0.3) is 0 Å². The van der Waals surface area contributed by atoms with Crippen LogP contribution in [-0.2, 0) is 9.53 Å². The molecule has 3 N–H and O–H groups in total. The van der Waals surface area contributed by atoms with E-state index in [1.54, 1.807) is 13.8 Å². The first-order valence-electron chi connectivity index (χ1n) is 6.94. The summed E-state index contributed by atoms with van der Waals surface area (Å²) in [7, 11) is 2.80. The number of hydrogen-bond acceptors (Lipinski definition) is 6. The van der Waals surface area contributed by atoms with E-state index in [-0.39, 0.29) is 28.0 Å². The molecule has 0 heterocycles. The number of urea groups is 1. The number of nitrogens with one attached hydrogen (secondary N) is 1. The molecule has 0 spiro atoms. The summed E-state index contributed by atoms with van der Waals surface area (Å²) in [6.07, 6.45) is -1.20. The van der Waals surface area contributed by atoms with Crippen molar-refractivity contribution in [1.82, 2.24) is 5.32 Å². The lowest BCUT2D eigenvalue weighted by atomic mass is 10.1. The molecule has 0 aliphatic carbocycles. The van der Waals surface area contributed by atoms with Gasteiger partial charge in [-0.05, 0) is 18.1 Å². The van der Waals surface area contributed by atoms with Gasteiger partial charge in [0, 0.05) is 0 Å². The van der Waals surface area contributed by atoms with E-state index in [2.05, 4.69) is 0 Å². The number of halogens is 1. The topological polar surface area (TPSA) is 117 Å². The summed E-state index contributed by atoms with van der Waals surface area (Å²) in [5.74, 6) is -1.50. The standard InChI is InChI=1S/C15H19ClN2O6/c1-7(2)11(13(19)18-15(17)21)24-14(20)8-5-9(16)12(23-4)10(6-8)22-3/h5-7,11H,1-4H3,(H3,17,18,19,21)/t11-/m1/s1. The normalized spacial score (nSPS) is 11.6. The van der Waals surface area contributed by atoms with Crippen molar-refractivity contribution in [2.45, 2.75) is 20.0 Å². The minimum Gasteiger partial charge on any atom is -0.493 e. The molecule has 0 bridgehead atoms. The van der Waals surface area contributed by atoms with E-state index in [4.69, 9.17) is 31.5 Å². The predicted octanol–water partition coefficient (Wildman–Crippen LogP) is 1.73. The molecule has 0 saturated heterocycles. The van der Waals surface area contributed by atoms with E-state index in [0.29, 0.717) is 0 Å². The highest BCUT2D eigenvalue weighted by Gasteiger charge is 2.28. The molecule has 0 radical (unpaired) electrons. The van der Waals surface area contributed by atoms with Crippen LogP contribution in [-0.4, -0.2) is 38.2 Å². The van der Waals surface area contributed by atoms with E-state index in [1.807, 2.05) is 5.32 Å². The molecule has 8 nitrogen and oxygen atoms in total. The highest BCUT2D eigenvalue weighted by molar-refractivity contribution is 6.32. The van der Waals surface area contributed by atoms with Gasteiger partial charge in [-0.3, -0.25) is 10.1 Å². The fraction of sp³-hybridized carbons (Fsp3) is 0.400. The van der Waals surface area contributed by atoms with E-state index in [1.165, 1.54) is 26.4 Å². The molecule has 0 saturated carbocycles. The van der Waals surface area contributed by atoms with Crippen molar-refractivity contribution < 1.29 is 28.6 Å². The average molecular weight is 359 g/mol. The average Bonchev–Trinajstić information content (AvgIpc) is 2.50. The van der Waals surface area contributed by atoms with Gasteiger partial charge in [0.05, 0.1) is 24.8 Å². The number of rotatable bonds is 6. The van der Waals surface area contributed by atoms with Gasteiger partial charge in [-0.1, -0.05) is 25.4 Å². The Morgan fingerprint density at radius 2 is 1.79 bits per heavy atom. The molecule has 0 fully saturated rings. The SMILES string of the molecule is COc1cc(C(=O)O[C@@H](C(=O)NC(N)=O)C(C)C)cc(Cl)c1OC. The second kappa shape index (κ2) is 8.39. The van der Waals surface area contributed by atoms with Gasteiger partial charge >= 0.3 is 12.0 Å². The number of imide groups is 1. The lowest BCUT2D eigenvalue weighted by molar-refractivity contribution is -0.130. The van der Waals surface area contributed by atoms with Crippen LogP contribution in [0.5, 0.6) is 11.5 Å². The Bertz CT molecular complexity index is 647. The largest absolute Gasteiger partial charge is 0.493 e. The van der Waals surface area contributed by atoms with E-state index in [0.717, 1.165) is 0 Å². The molecule has 9 heteroatoms. The van der Waals surface area contributed by atoms with Crippen molar-refractivity contribution in [1.29, 1.82) is 0 Å². The minimum atomic E-state index is -1.20. The van der Waals surface area contributed by atoms with Gasteiger partial charge in [0.1, 0.15) is 0 Å². The third kappa shape index (κ3) is 4.76. The first-order chi connectivity index (χ1) is 11.2. The van der Waals surface area contributed by atoms with Crippen LogP contribution in [0.2, 0.25) is 5.02 Å². The van der Waals surface area contributed by atoms with Crippen molar-refractivity contribution in [3.63, 3.8) is 0 Å². The summed E-state index contributed by atoms with van der Waals surface area (Å²) < 4.78 is 15.4. The summed E-state index contributed by atoms with van der Waals surface area (Å²) in [6.45, 7) is 3.31. The zero-order valence-corrected chi connectivity index (χ0v) is 14.5. The summed E-state index contributed by atoms with van der Waals surface area (Å²) in [5, 5.41) is 2.03. The lowest BCUT2D eigenvalue weighted by Gasteiger charge is -2.20. The molecule has 24 heavy (non-hydrogen) atoms. The molecular formula is C15H19ClN2O6. The van der Waals surface area contributed by atoms with E-state index in [9.17, 15) is 14.4 Å². The molecule has 0 aliphatic heterocycles. The Kier molecular flexibility index (Phi) is 6.84. The van der Waals surface area contributed by atoms with Gasteiger partial charge in [0.2, 0.25) is 0 Å². The maximum atomic E-state index is 12.3. The number of primary amides is 1. The highest BCUT2D eigenvalue weighted by Crippen LogP contribution is 2.36. The lowest BCUT2D eigenvalue weighted by Crippen LogP contribution is -2.45. The number of ether oxygens (including phenoxy) is 3. The molecule has 1 atom stereocenters. The van der Waals surface area contributed by atoms with E-state index >= 15 is 0 Å². The van der Waals surface area contributed by atoms with Crippen LogP contribution in [0.1, 0.15) is 24.2 Å². The molecular weight excluding hydrogens is 340 g/mol. The number of hydrogen-bond donors (Lipinski definition) is 2. The van der Waals surface area contributed by atoms with Crippen LogP contribution >= 0.6 is 11.6 Å². The Hall–Kier alpha value is -2.48. The fourth-order valence-corrected chi connectivity index (χ4v) is 2.19. The minimum absolute atomic E-state index is 0.0650. The van der Waals surface area contributed by atoms with Gasteiger partial charge in [-0.15, -0.1) is 0 Å². The van der Waals surface area contributed by atoms with Crippen molar-refractivity contribution >= 4 is 29.5 Å². The number of amides is 3. The number of carbonyl (C=O) groups is 3. The van der Waals surface area contributed by atoms with Crippen LogP contribution in [0.4, 0.5) is 4.79 Å². The van der Waals surface area contributed by atoms with Crippen LogP contribution < -0.4 is 20.5 Å². The molecule has 1 aromatic carbocycles. The molecule has 1 aromatic rings. The molecule has 3 amide bonds. The molecule has 1 rings (SSSR count). The number of carbonyl (C=O) groups excluding carboxylic acids is 3. The van der Waals surface area contributed by atoms with E-state index < -0.39 is 24.0 Å².